The van der Waals surface area contributed by atoms with Gasteiger partial charge in [0.1, 0.15) is 0 Å². The molecule has 0 saturated heterocycles. The summed E-state index contributed by atoms with van der Waals surface area (Å²) in [5.74, 6) is -2.20. The van der Waals surface area contributed by atoms with Crippen LogP contribution in [0.15, 0.2) is 58.4 Å². The molecule has 4 N–H and O–H groups in total. The molecule has 0 spiro atoms. The molecule has 3 heterocycles. The van der Waals surface area contributed by atoms with Gasteiger partial charge in [0.05, 0.1) is 34.4 Å². The zero-order chi connectivity index (χ0) is 32.4. The molecule has 2 aliphatic heterocycles. The van der Waals surface area contributed by atoms with Crippen molar-refractivity contribution in [3.63, 3.8) is 0 Å². The fourth-order valence-electron chi connectivity index (χ4n) is 5.68. The van der Waals surface area contributed by atoms with Gasteiger partial charge in [-0.3, -0.25) is 19.4 Å². The minimum atomic E-state index is -1.26. The number of amides is 2. The van der Waals surface area contributed by atoms with Crippen LogP contribution in [0, 0.1) is 17.7 Å². The van der Waals surface area contributed by atoms with Gasteiger partial charge >= 0.3 is 0 Å². The summed E-state index contributed by atoms with van der Waals surface area (Å²) >= 11 is 5.98. The maximum Gasteiger partial charge on any atom is 0.251 e. The maximum absolute atomic E-state index is 14.8. The highest BCUT2D eigenvalue weighted by atomic mass is 35.5. The van der Waals surface area contributed by atoms with Gasteiger partial charge in [-0.2, -0.15) is 5.10 Å². The lowest BCUT2D eigenvalue weighted by Gasteiger charge is -2.28. The minimum Gasteiger partial charge on any atom is -0.351 e. The zero-order valence-electron chi connectivity index (χ0n) is 25.4. The summed E-state index contributed by atoms with van der Waals surface area (Å²) in [5, 5.41) is 24.5. The van der Waals surface area contributed by atoms with E-state index in [1.807, 2.05) is 13.0 Å². The maximum atomic E-state index is 14.8. The summed E-state index contributed by atoms with van der Waals surface area (Å²) in [5.41, 5.74) is 2.56. The third-order valence-electron chi connectivity index (χ3n) is 8.39. The van der Waals surface area contributed by atoms with Crippen LogP contribution in [0.5, 0.6) is 0 Å². The van der Waals surface area contributed by atoms with Crippen molar-refractivity contribution >= 4 is 46.7 Å². The number of halogens is 2. The van der Waals surface area contributed by atoms with Crippen molar-refractivity contribution in [2.24, 2.45) is 24.0 Å². The van der Waals surface area contributed by atoms with Gasteiger partial charge in [0, 0.05) is 49.3 Å². The Morgan fingerprint density at radius 3 is 2.71 bits per heavy atom. The number of methoxy groups -OCH3 is 1. The molecule has 13 heteroatoms. The Morgan fingerprint density at radius 1 is 1.18 bits per heavy atom. The lowest BCUT2D eigenvalue weighted by Crippen LogP contribution is -2.42. The van der Waals surface area contributed by atoms with E-state index in [9.17, 15) is 23.9 Å². The summed E-state index contributed by atoms with van der Waals surface area (Å²) in [7, 11) is 3.00. The first-order valence-corrected chi connectivity index (χ1v) is 15.1. The van der Waals surface area contributed by atoms with E-state index in [1.54, 1.807) is 44.3 Å². The second kappa shape index (κ2) is 13.4. The van der Waals surface area contributed by atoms with Gasteiger partial charge in [-0.15, -0.1) is 0 Å². The Balaban J connectivity index is 1.49. The van der Waals surface area contributed by atoms with E-state index in [1.165, 1.54) is 35.0 Å². The van der Waals surface area contributed by atoms with E-state index in [4.69, 9.17) is 16.3 Å². The van der Waals surface area contributed by atoms with Crippen LogP contribution < -0.4 is 26.5 Å². The molecule has 0 fully saturated rings. The van der Waals surface area contributed by atoms with Crippen LogP contribution >= 0.6 is 11.6 Å². The smallest absolute Gasteiger partial charge is 0.251 e. The van der Waals surface area contributed by atoms with Crippen LogP contribution in [0.4, 0.5) is 21.5 Å². The van der Waals surface area contributed by atoms with Gasteiger partial charge in [0.2, 0.25) is 18.2 Å². The van der Waals surface area contributed by atoms with Crippen LogP contribution in [0.3, 0.4) is 0 Å². The largest absolute Gasteiger partial charge is 0.351 e. The van der Waals surface area contributed by atoms with Crippen molar-refractivity contribution in [1.82, 2.24) is 9.88 Å². The number of aliphatic hydroxyl groups is 1. The third-order valence-corrected chi connectivity index (χ3v) is 8.68. The molecular weight excluding hydrogens is 603 g/mol. The Hall–Kier alpha value is -4.26. The number of carbonyl (C=O) groups is 2. The summed E-state index contributed by atoms with van der Waals surface area (Å²) in [6, 6.07) is 12.0. The molecule has 2 aliphatic rings. The van der Waals surface area contributed by atoms with Gasteiger partial charge in [-0.05, 0) is 55.7 Å². The number of aliphatic hydroxyl groups excluding tert-OH is 1. The first kappa shape index (κ1) is 32.1. The van der Waals surface area contributed by atoms with Crippen LogP contribution in [-0.4, -0.2) is 47.3 Å². The Morgan fingerprint density at radius 2 is 1.96 bits per heavy atom. The molecule has 0 radical (unpaired) electrons. The molecule has 1 aromatic heterocycles. The van der Waals surface area contributed by atoms with Crippen LogP contribution in [0.25, 0.3) is 11.1 Å². The van der Waals surface area contributed by atoms with Gasteiger partial charge < -0.3 is 30.4 Å². The standard InChI is InChI=1S/C32H36ClFN6O5/c1-17-7-5-9-24(37-31(43)22-16-35-40(18(22)2)26-10-6-8-23(33)29(26)34)27-13-19(14-28(41)39(27)3)21-12-11-20(36-32(44)45-4)15-25(21)38-30(17)42/h6,8,10-18,22,24,32,36,44H,5,7,9H2,1-4H3,(H,37,43)(H,38,42)/t17-,18?,22?,24+,32?/m1/s1. The highest BCUT2D eigenvalue weighted by Gasteiger charge is 2.36. The molecule has 0 saturated carbocycles. The molecular formula is C32H36ClFN6O5. The first-order chi connectivity index (χ1) is 21.5. The zero-order valence-corrected chi connectivity index (χ0v) is 26.1. The van der Waals surface area contributed by atoms with Crippen LogP contribution in [0.2, 0.25) is 5.02 Å². The number of rotatable bonds is 6. The normalized spacial score (nSPS) is 22.1. The monoisotopic (exact) mass is 638 g/mol. The average Bonchev–Trinajstić information content (AvgIpc) is 3.39. The molecule has 2 bridgehead atoms. The number of carbonyl (C=O) groups excluding carboxylic acids is 2. The summed E-state index contributed by atoms with van der Waals surface area (Å²) in [6.07, 6.45) is 1.81. The van der Waals surface area contributed by atoms with Crippen molar-refractivity contribution in [2.75, 3.05) is 22.8 Å². The number of pyridine rings is 1. The van der Waals surface area contributed by atoms with E-state index < -0.39 is 30.2 Å². The van der Waals surface area contributed by atoms with Crippen molar-refractivity contribution in [2.45, 2.75) is 51.6 Å². The number of hydrogen-bond acceptors (Lipinski definition) is 8. The molecule has 2 aromatic carbocycles. The van der Waals surface area contributed by atoms with E-state index >= 15 is 0 Å². The molecule has 3 aromatic rings. The van der Waals surface area contributed by atoms with E-state index in [0.717, 1.165) is 0 Å². The van der Waals surface area contributed by atoms with Gasteiger partial charge in [-0.1, -0.05) is 37.1 Å². The predicted molar refractivity (Wildman–Crippen MR) is 172 cm³/mol. The second-order valence-corrected chi connectivity index (χ2v) is 11.8. The fraction of sp³-hybridized carbons (Fsp3) is 0.375. The van der Waals surface area contributed by atoms with E-state index in [-0.39, 0.29) is 34.0 Å². The molecule has 238 valence electrons. The van der Waals surface area contributed by atoms with Crippen LogP contribution in [-0.2, 0) is 21.4 Å². The highest BCUT2D eigenvalue weighted by Crippen LogP contribution is 2.35. The van der Waals surface area contributed by atoms with Gasteiger partial charge in [-0.25, -0.2) is 4.39 Å². The van der Waals surface area contributed by atoms with Crippen molar-refractivity contribution in [3.05, 3.63) is 75.4 Å². The van der Waals surface area contributed by atoms with E-state index in [0.29, 0.717) is 47.5 Å². The lowest BCUT2D eigenvalue weighted by atomic mass is 9.94. The number of aromatic nitrogens is 1. The minimum absolute atomic E-state index is 0.0404. The molecule has 5 rings (SSSR count). The Bertz CT molecular complexity index is 1700. The van der Waals surface area contributed by atoms with Crippen molar-refractivity contribution in [3.8, 4) is 11.1 Å². The molecule has 0 aliphatic carbocycles. The highest BCUT2D eigenvalue weighted by molar-refractivity contribution is 6.31. The molecule has 5 atom stereocenters. The number of hydrogen-bond donors (Lipinski definition) is 4. The third kappa shape index (κ3) is 6.73. The van der Waals surface area contributed by atoms with Crippen LogP contribution in [0.1, 0.15) is 44.8 Å². The second-order valence-electron chi connectivity index (χ2n) is 11.4. The van der Waals surface area contributed by atoms with E-state index in [2.05, 4.69) is 21.1 Å². The molecule has 2 amide bonds. The lowest BCUT2D eigenvalue weighted by molar-refractivity contribution is -0.124. The SMILES string of the molecule is COC(O)Nc1ccc2c(c1)NC(=O)[C@H](C)CCC[C@H](NC(=O)C1C=NN(c3cccc(Cl)c3F)C1C)c1cc-2cc(=O)n1C. The first-order valence-electron chi connectivity index (χ1n) is 14.7. The number of nitrogens with zero attached hydrogens (tertiary/aromatic N) is 3. The number of anilines is 3. The summed E-state index contributed by atoms with van der Waals surface area (Å²) in [4.78, 5) is 40.2. The molecule has 3 unspecified atom stereocenters. The number of ether oxygens (including phenoxy) is 1. The van der Waals surface area contributed by atoms with Gasteiger partial charge in [0.15, 0.2) is 5.82 Å². The van der Waals surface area contributed by atoms with Crippen molar-refractivity contribution < 1.29 is 23.8 Å². The summed E-state index contributed by atoms with van der Waals surface area (Å²) < 4.78 is 21.2. The van der Waals surface area contributed by atoms with Gasteiger partial charge in [0.25, 0.3) is 5.56 Å². The number of nitrogens with one attached hydrogen (secondary N) is 3. The number of hydrazone groups is 1. The number of fused-ring (bicyclic) bond motifs is 4. The number of benzene rings is 2. The molecule has 45 heavy (non-hydrogen) atoms. The average molecular weight is 639 g/mol. The Labute approximate surface area is 265 Å². The Kier molecular flexibility index (Phi) is 9.56. The molecule has 11 nitrogen and oxygen atoms in total. The quantitative estimate of drug-likeness (QED) is 0.290. The summed E-state index contributed by atoms with van der Waals surface area (Å²) in [6.45, 7) is 3.61. The predicted octanol–water partition coefficient (Wildman–Crippen LogP) is 4.61. The topological polar surface area (TPSA) is 137 Å². The van der Waals surface area contributed by atoms with Crippen molar-refractivity contribution in [1.29, 1.82) is 0 Å². The fourth-order valence-corrected chi connectivity index (χ4v) is 5.85.